The number of benzene rings is 2. The predicted molar refractivity (Wildman–Crippen MR) is 122 cm³/mol. The van der Waals surface area contributed by atoms with E-state index in [1.54, 1.807) is 13.8 Å². The summed E-state index contributed by atoms with van der Waals surface area (Å²) in [6, 6.07) is 11.7. The van der Waals surface area contributed by atoms with Crippen LogP contribution in [0.4, 0.5) is 11.4 Å². The molecule has 1 heterocycles. The molecule has 2 aromatic rings. The first kappa shape index (κ1) is 22.6. The van der Waals surface area contributed by atoms with Crippen LogP contribution in [0.1, 0.15) is 43.5 Å². The number of para-hydroxylation sites is 2. The molecule has 0 aliphatic carbocycles. The lowest BCUT2D eigenvalue weighted by atomic mass is 10.1. The van der Waals surface area contributed by atoms with E-state index in [9.17, 15) is 13.2 Å². The number of nitrogens with one attached hydrogen (secondary N) is 1. The van der Waals surface area contributed by atoms with E-state index in [1.165, 1.54) is 36.0 Å². The van der Waals surface area contributed by atoms with E-state index in [-0.39, 0.29) is 21.5 Å². The number of carbonyl (C=O) groups is 1. The van der Waals surface area contributed by atoms with Gasteiger partial charge in [0.15, 0.2) is 0 Å². The number of amides is 1. The first-order chi connectivity index (χ1) is 14.2. The van der Waals surface area contributed by atoms with E-state index >= 15 is 0 Å². The fraction of sp³-hybridized carbons (Fsp3) is 0.409. The topological polar surface area (TPSA) is 69.7 Å². The summed E-state index contributed by atoms with van der Waals surface area (Å²) in [5, 5.41) is 3.13. The van der Waals surface area contributed by atoms with Crippen LogP contribution in [-0.4, -0.2) is 44.8 Å². The number of nitrogens with zero attached hydrogens (tertiary/aromatic N) is 2. The largest absolute Gasteiger partial charge is 0.370 e. The molecule has 1 N–H and O–H groups in total. The Morgan fingerprint density at radius 1 is 1.10 bits per heavy atom. The fourth-order valence-corrected chi connectivity index (χ4v) is 5.06. The SMILES string of the molecule is CC(C)N(C)S(=O)(=O)c1ccc(Cl)c(C(=O)Nc2ccccc2N2CCCCC2)c1. The first-order valence-electron chi connectivity index (χ1n) is 10.1. The Kier molecular flexibility index (Phi) is 7.06. The summed E-state index contributed by atoms with van der Waals surface area (Å²) < 4.78 is 26.9. The normalized spacial score (nSPS) is 14.9. The molecule has 0 saturated carbocycles. The summed E-state index contributed by atoms with van der Waals surface area (Å²) in [7, 11) is -2.21. The molecule has 0 spiro atoms. The minimum absolute atomic E-state index is 0.0394. The van der Waals surface area contributed by atoms with Crippen molar-refractivity contribution in [2.24, 2.45) is 0 Å². The molecule has 162 valence electrons. The maximum Gasteiger partial charge on any atom is 0.257 e. The van der Waals surface area contributed by atoms with Crippen molar-refractivity contribution >= 4 is 38.9 Å². The number of hydrogen-bond acceptors (Lipinski definition) is 4. The lowest BCUT2D eigenvalue weighted by Crippen LogP contribution is -2.33. The molecule has 8 heteroatoms. The number of carbonyl (C=O) groups excluding carboxylic acids is 1. The summed E-state index contributed by atoms with van der Waals surface area (Å²) in [6.45, 7) is 5.48. The third-order valence-corrected chi connectivity index (χ3v) is 7.79. The average molecular weight is 450 g/mol. The predicted octanol–water partition coefficient (Wildman–Crippen LogP) is 4.61. The zero-order valence-corrected chi connectivity index (χ0v) is 19.1. The molecule has 0 atom stereocenters. The summed E-state index contributed by atoms with van der Waals surface area (Å²) in [5.74, 6) is -0.436. The van der Waals surface area contributed by atoms with Crippen LogP contribution in [0.15, 0.2) is 47.4 Å². The van der Waals surface area contributed by atoms with Crippen molar-refractivity contribution in [3.05, 3.63) is 53.1 Å². The molecule has 0 bridgehead atoms. The molecule has 30 heavy (non-hydrogen) atoms. The Labute approximate surface area is 183 Å². The molecule has 1 aliphatic rings. The van der Waals surface area contributed by atoms with Crippen molar-refractivity contribution < 1.29 is 13.2 Å². The standard InChI is InChI=1S/C22H28ClN3O3S/c1-16(2)25(3)30(28,29)17-11-12-19(23)18(15-17)22(27)24-20-9-5-6-10-21(20)26-13-7-4-8-14-26/h5-6,9-12,15-16H,4,7-8,13-14H2,1-3H3,(H,24,27). The molecule has 0 aromatic heterocycles. The Hall–Kier alpha value is -2.09. The van der Waals surface area contributed by atoms with E-state index in [1.807, 2.05) is 24.3 Å². The highest BCUT2D eigenvalue weighted by molar-refractivity contribution is 7.89. The molecule has 1 saturated heterocycles. The highest BCUT2D eigenvalue weighted by Gasteiger charge is 2.25. The lowest BCUT2D eigenvalue weighted by Gasteiger charge is -2.30. The van der Waals surface area contributed by atoms with Gasteiger partial charge in [-0.15, -0.1) is 0 Å². The van der Waals surface area contributed by atoms with Crippen molar-refractivity contribution in [3.63, 3.8) is 0 Å². The van der Waals surface area contributed by atoms with Gasteiger partial charge in [0.25, 0.3) is 5.91 Å². The summed E-state index contributed by atoms with van der Waals surface area (Å²) in [4.78, 5) is 15.3. The Morgan fingerprint density at radius 3 is 2.43 bits per heavy atom. The zero-order chi connectivity index (χ0) is 21.9. The monoisotopic (exact) mass is 449 g/mol. The van der Waals surface area contributed by atoms with Crippen LogP contribution in [0.5, 0.6) is 0 Å². The van der Waals surface area contributed by atoms with Crippen LogP contribution in [0, 0.1) is 0 Å². The van der Waals surface area contributed by atoms with Crippen molar-refractivity contribution in [2.75, 3.05) is 30.4 Å². The van der Waals surface area contributed by atoms with Gasteiger partial charge >= 0.3 is 0 Å². The molecule has 3 rings (SSSR count). The number of hydrogen-bond donors (Lipinski definition) is 1. The number of rotatable bonds is 6. The van der Waals surface area contributed by atoms with Gasteiger partial charge in [-0.3, -0.25) is 4.79 Å². The van der Waals surface area contributed by atoms with Gasteiger partial charge in [0.2, 0.25) is 10.0 Å². The van der Waals surface area contributed by atoms with Crippen LogP contribution in [0.3, 0.4) is 0 Å². The van der Waals surface area contributed by atoms with Gasteiger partial charge in [0.05, 0.1) is 26.9 Å². The van der Waals surface area contributed by atoms with Crippen LogP contribution in [0.25, 0.3) is 0 Å². The van der Waals surface area contributed by atoms with Gasteiger partial charge in [-0.2, -0.15) is 4.31 Å². The van der Waals surface area contributed by atoms with Gasteiger partial charge in [-0.05, 0) is 63.4 Å². The molecular formula is C22H28ClN3O3S. The fourth-order valence-electron chi connectivity index (χ4n) is 3.46. The third kappa shape index (κ3) is 4.79. The Bertz CT molecular complexity index is 1020. The highest BCUT2D eigenvalue weighted by atomic mass is 35.5. The zero-order valence-electron chi connectivity index (χ0n) is 17.6. The molecule has 1 fully saturated rings. The number of sulfonamides is 1. The van der Waals surface area contributed by atoms with Crippen LogP contribution in [0.2, 0.25) is 5.02 Å². The molecule has 0 radical (unpaired) electrons. The van der Waals surface area contributed by atoms with E-state index in [2.05, 4.69) is 10.2 Å². The van der Waals surface area contributed by atoms with Crippen molar-refractivity contribution in [3.8, 4) is 0 Å². The molecule has 0 unspecified atom stereocenters. The number of halogens is 1. The highest BCUT2D eigenvalue weighted by Crippen LogP contribution is 2.30. The first-order valence-corrected chi connectivity index (χ1v) is 12.0. The van der Waals surface area contributed by atoms with Gasteiger partial charge in [0, 0.05) is 26.2 Å². The lowest BCUT2D eigenvalue weighted by molar-refractivity contribution is 0.102. The molecule has 6 nitrogen and oxygen atoms in total. The number of anilines is 2. The second-order valence-corrected chi connectivity index (χ2v) is 10.2. The molecule has 2 aromatic carbocycles. The van der Waals surface area contributed by atoms with Gasteiger partial charge in [0.1, 0.15) is 0 Å². The average Bonchev–Trinajstić information content (AvgIpc) is 2.74. The summed E-state index contributed by atoms with van der Waals surface area (Å²) in [5.41, 5.74) is 1.78. The van der Waals surface area contributed by atoms with Crippen LogP contribution >= 0.6 is 11.6 Å². The summed E-state index contributed by atoms with van der Waals surface area (Å²) in [6.07, 6.45) is 3.46. The second-order valence-electron chi connectivity index (χ2n) is 7.78. The quantitative estimate of drug-likeness (QED) is 0.699. The van der Waals surface area contributed by atoms with E-state index < -0.39 is 15.9 Å². The van der Waals surface area contributed by atoms with Crippen LogP contribution in [-0.2, 0) is 10.0 Å². The van der Waals surface area contributed by atoms with E-state index in [0.29, 0.717) is 5.69 Å². The molecular weight excluding hydrogens is 422 g/mol. The maximum absolute atomic E-state index is 13.0. The van der Waals surface area contributed by atoms with Gasteiger partial charge in [-0.25, -0.2) is 8.42 Å². The molecule has 1 aliphatic heterocycles. The minimum Gasteiger partial charge on any atom is -0.370 e. The Balaban J connectivity index is 1.90. The van der Waals surface area contributed by atoms with Crippen molar-refractivity contribution in [1.82, 2.24) is 4.31 Å². The molecule has 1 amide bonds. The Morgan fingerprint density at radius 2 is 1.77 bits per heavy atom. The maximum atomic E-state index is 13.0. The second kappa shape index (κ2) is 9.37. The van der Waals surface area contributed by atoms with Gasteiger partial charge < -0.3 is 10.2 Å². The van der Waals surface area contributed by atoms with Gasteiger partial charge in [-0.1, -0.05) is 23.7 Å². The smallest absolute Gasteiger partial charge is 0.257 e. The van der Waals surface area contributed by atoms with Crippen LogP contribution < -0.4 is 10.2 Å². The third-order valence-electron chi connectivity index (χ3n) is 5.44. The summed E-state index contributed by atoms with van der Waals surface area (Å²) >= 11 is 6.26. The number of piperidine rings is 1. The van der Waals surface area contributed by atoms with E-state index in [0.717, 1.165) is 31.6 Å². The minimum atomic E-state index is -3.72. The van der Waals surface area contributed by atoms with E-state index in [4.69, 9.17) is 11.6 Å². The van der Waals surface area contributed by atoms with Crippen molar-refractivity contribution in [1.29, 1.82) is 0 Å². The van der Waals surface area contributed by atoms with Crippen molar-refractivity contribution in [2.45, 2.75) is 44.0 Å².